The molecule has 2 aliphatic rings. The molecule has 0 saturated carbocycles. The lowest BCUT2D eigenvalue weighted by Crippen LogP contribution is -2.43. The van der Waals surface area contributed by atoms with Crippen molar-refractivity contribution in [1.29, 1.82) is 0 Å². The molecule has 0 spiro atoms. The molecule has 1 atom stereocenters. The SMILES string of the molecule is CC(C)Oc1cc(-c2cc3c(cn2)C2N=NC=C2C(=O)N3CC(F)(F)F)ccn1. The molecule has 150 valence electrons. The van der Waals surface area contributed by atoms with E-state index in [-0.39, 0.29) is 17.4 Å². The van der Waals surface area contributed by atoms with E-state index < -0.39 is 24.7 Å². The fraction of sp³-hybridized carbons (Fsp3) is 0.316. The van der Waals surface area contributed by atoms with Gasteiger partial charge in [0.1, 0.15) is 12.6 Å². The highest BCUT2D eigenvalue weighted by Gasteiger charge is 2.43. The Hall–Kier alpha value is -3.30. The third-order valence-electron chi connectivity index (χ3n) is 4.39. The summed E-state index contributed by atoms with van der Waals surface area (Å²) in [6.45, 7) is 2.30. The highest BCUT2D eigenvalue weighted by atomic mass is 19.4. The Balaban J connectivity index is 1.79. The van der Waals surface area contributed by atoms with E-state index in [0.717, 1.165) is 0 Å². The van der Waals surface area contributed by atoms with Crippen molar-refractivity contribution >= 4 is 11.6 Å². The van der Waals surface area contributed by atoms with E-state index in [0.29, 0.717) is 27.6 Å². The molecule has 0 aliphatic carbocycles. The van der Waals surface area contributed by atoms with Gasteiger partial charge in [0.2, 0.25) is 5.88 Å². The zero-order valence-corrected chi connectivity index (χ0v) is 15.5. The molecule has 2 aromatic heterocycles. The van der Waals surface area contributed by atoms with Gasteiger partial charge in [0.15, 0.2) is 0 Å². The molecule has 1 unspecified atom stereocenters. The minimum atomic E-state index is -4.56. The van der Waals surface area contributed by atoms with Crippen LogP contribution in [0.5, 0.6) is 5.88 Å². The molecule has 4 heterocycles. The van der Waals surface area contributed by atoms with E-state index in [1.807, 2.05) is 13.8 Å². The van der Waals surface area contributed by atoms with Crippen molar-refractivity contribution in [3.63, 3.8) is 0 Å². The van der Waals surface area contributed by atoms with Crippen LogP contribution < -0.4 is 9.64 Å². The van der Waals surface area contributed by atoms with Crippen molar-refractivity contribution in [3.05, 3.63) is 47.9 Å². The Labute approximate surface area is 163 Å². The summed E-state index contributed by atoms with van der Waals surface area (Å²) in [5.41, 5.74) is 1.61. The molecule has 0 radical (unpaired) electrons. The second-order valence-corrected chi connectivity index (χ2v) is 6.90. The van der Waals surface area contributed by atoms with E-state index in [1.54, 1.807) is 12.1 Å². The second kappa shape index (κ2) is 6.94. The van der Waals surface area contributed by atoms with Crippen LogP contribution >= 0.6 is 0 Å². The summed E-state index contributed by atoms with van der Waals surface area (Å²) in [5.74, 6) is -0.393. The van der Waals surface area contributed by atoms with Gasteiger partial charge in [-0.2, -0.15) is 23.4 Å². The predicted octanol–water partition coefficient (Wildman–Crippen LogP) is 4.23. The second-order valence-electron chi connectivity index (χ2n) is 6.90. The quantitative estimate of drug-likeness (QED) is 0.765. The molecule has 0 saturated heterocycles. The number of nitrogens with zero attached hydrogens (tertiary/aromatic N) is 5. The highest BCUT2D eigenvalue weighted by molar-refractivity contribution is 6.10. The van der Waals surface area contributed by atoms with Gasteiger partial charge in [-0.05, 0) is 26.0 Å². The van der Waals surface area contributed by atoms with Gasteiger partial charge >= 0.3 is 6.18 Å². The molecular weight excluding hydrogens is 387 g/mol. The van der Waals surface area contributed by atoms with Crippen molar-refractivity contribution in [1.82, 2.24) is 9.97 Å². The number of hydrogen-bond donors (Lipinski definition) is 0. The summed E-state index contributed by atoms with van der Waals surface area (Å²) in [5, 5.41) is 7.67. The Morgan fingerprint density at radius 2 is 2.03 bits per heavy atom. The number of rotatable bonds is 4. The molecule has 0 N–H and O–H groups in total. The van der Waals surface area contributed by atoms with Gasteiger partial charge in [-0.25, -0.2) is 4.98 Å². The molecule has 1 amide bonds. The molecule has 4 rings (SSSR count). The molecule has 2 aromatic rings. The van der Waals surface area contributed by atoms with Gasteiger partial charge in [-0.3, -0.25) is 14.7 Å². The van der Waals surface area contributed by atoms with E-state index in [9.17, 15) is 18.0 Å². The fourth-order valence-electron chi connectivity index (χ4n) is 3.23. The van der Waals surface area contributed by atoms with E-state index in [2.05, 4.69) is 20.2 Å². The van der Waals surface area contributed by atoms with Crippen molar-refractivity contribution in [2.75, 3.05) is 11.4 Å². The number of fused-ring (bicyclic) bond motifs is 3. The first kappa shape index (κ1) is 19.0. The van der Waals surface area contributed by atoms with Crippen LogP contribution in [0.15, 0.2) is 52.6 Å². The maximum absolute atomic E-state index is 13.1. The number of azo groups is 1. The van der Waals surface area contributed by atoms with Crippen LogP contribution in [0.25, 0.3) is 11.3 Å². The maximum atomic E-state index is 13.1. The third-order valence-corrected chi connectivity index (χ3v) is 4.39. The van der Waals surface area contributed by atoms with Gasteiger partial charge in [-0.15, -0.1) is 0 Å². The fourth-order valence-corrected chi connectivity index (χ4v) is 3.23. The maximum Gasteiger partial charge on any atom is 0.406 e. The number of hydrogen-bond acceptors (Lipinski definition) is 6. The topological polar surface area (TPSA) is 80.0 Å². The smallest absolute Gasteiger partial charge is 0.406 e. The highest BCUT2D eigenvalue weighted by Crippen LogP contribution is 2.44. The van der Waals surface area contributed by atoms with E-state index in [1.165, 1.54) is 24.7 Å². The van der Waals surface area contributed by atoms with Crippen LogP contribution in [-0.2, 0) is 4.79 Å². The van der Waals surface area contributed by atoms with Gasteiger partial charge in [0, 0.05) is 29.6 Å². The Morgan fingerprint density at radius 1 is 1.24 bits per heavy atom. The largest absolute Gasteiger partial charge is 0.475 e. The number of aromatic nitrogens is 2. The number of halogens is 3. The molecular formula is C19H16F3N5O2. The normalized spacial score (nSPS) is 18.0. The predicted molar refractivity (Wildman–Crippen MR) is 97.3 cm³/mol. The summed E-state index contributed by atoms with van der Waals surface area (Å²) in [7, 11) is 0. The van der Waals surface area contributed by atoms with Gasteiger partial charge < -0.3 is 4.74 Å². The Kier molecular flexibility index (Phi) is 4.56. The number of alkyl halides is 3. The van der Waals surface area contributed by atoms with Crippen molar-refractivity contribution in [2.24, 2.45) is 10.2 Å². The number of pyridine rings is 2. The van der Waals surface area contributed by atoms with Crippen molar-refractivity contribution in [3.8, 4) is 17.1 Å². The summed E-state index contributed by atoms with van der Waals surface area (Å²) < 4.78 is 45.0. The van der Waals surface area contributed by atoms with E-state index in [4.69, 9.17) is 4.74 Å². The molecule has 7 nitrogen and oxygen atoms in total. The van der Waals surface area contributed by atoms with Crippen molar-refractivity contribution < 1.29 is 22.7 Å². The monoisotopic (exact) mass is 403 g/mol. The standard InChI is InChI=1S/C19H16F3N5O2/c1-10(2)29-16-5-11(3-4-23-16)14-6-15-12(7-24-14)17-13(8-25-26-17)18(28)27(15)9-19(20,21)22/h3-8,10,17H,9H2,1-2H3. The average molecular weight is 403 g/mol. The van der Waals surface area contributed by atoms with Crippen LogP contribution in [-0.4, -0.2) is 34.7 Å². The lowest BCUT2D eigenvalue weighted by Gasteiger charge is -2.32. The summed E-state index contributed by atoms with van der Waals surface area (Å²) >= 11 is 0. The van der Waals surface area contributed by atoms with Crippen LogP contribution in [0.4, 0.5) is 18.9 Å². The number of ether oxygens (including phenoxy) is 1. The Morgan fingerprint density at radius 3 is 2.76 bits per heavy atom. The number of carbonyl (C=O) groups excluding carboxylic acids is 1. The molecule has 10 heteroatoms. The summed E-state index contributed by atoms with van der Waals surface area (Å²) in [4.78, 5) is 21.8. The minimum absolute atomic E-state index is 0.0907. The molecule has 0 aromatic carbocycles. The lowest BCUT2D eigenvalue weighted by atomic mass is 9.93. The molecule has 2 aliphatic heterocycles. The first-order valence-corrected chi connectivity index (χ1v) is 8.84. The van der Waals surface area contributed by atoms with E-state index >= 15 is 0 Å². The van der Waals surface area contributed by atoms with Crippen molar-refractivity contribution in [2.45, 2.75) is 32.2 Å². The number of amides is 1. The van der Waals surface area contributed by atoms with Gasteiger partial charge in [-0.1, -0.05) is 0 Å². The first-order chi connectivity index (χ1) is 13.7. The third kappa shape index (κ3) is 3.69. The van der Waals surface area contributed by atoms with Gasteiger partial charge in [0.25, 0.3) is 5.91 Å². The number of anilines is 1. The minimum Gasteiger partial charge on any atom is -0.475 e. The average Bonchev–Trinajstić information content (AvgIpc) is 3.14. The van der Waals surface area contributed by atoms with Crippen LogP contribution in [0.3, 0.4) is 0 Å². The van der Waals surface area contributed by atoms with Crippen LogP contribution in [0.1, 0.15) is 25.5 Å². The molecule has 29 heavy (non-hydrogen) atoms. The zero-order chi connectivity index (χ0) is 20.8. The zero-order valence-electron chi connectivity index (χ0n) is 15.5. The lowest BCUT2D eigenvalue weighted by molar-refractivity contribution is -0.130. The van der Waals surface area contributed by atoms with Gasteiger partial charge in [0.05, 0.1) is 29.3 Å². The molecule has 0 bridgehead atoms. The van der Waals surface area contributed by atoms with Crippen LogP contribution in [0.2, 0.25) is 0 Å². The number of carbonyl (C=O) groups is 1. The first-order valence-electron chi connectivity index (χ1n) is 8.84. The van der Waals surface area contributed by atoms with Crippen LogP contribution in [0, 0.1) is 0 Å². The summed E-state index contributed by atoms with van der Waals surface area (Å²) in [6, 6.07) is 4.04. The summed E-state index contributed by atoms with van der Waals surface area (Å²) in [6.07, 6.45) is -0.491. The Bertz CT molecular complexity index is 1030. The molecule has 0 fully saturated rings.